The average molecular weight is 346 g/mol. The van der Waals surface area contributed by atoms with Crippen LogP contribution in [0.1, 0.15) is 52.5 Å². The standard InChI is InChI=1S/C20H30N2O3/c1-13(2)14-7-6-8-16(11-14)22-19(24)18(23)21-12-15-9-10-25-17(15)20(3,4)5/h6-8,11,13,15,17H,9-10,12H2,1-5H3,(H,21,23)(H,22,24)/t15-,17-/m1/s1. The number of rotatable bonds is 4. The summed E-state index contributed by atoms with van der Waals surface area (Å²) in [5, 5.41) is 5.42. The number of carbonyl (C=O) groups excluding carboxylic acids is 2. The smallest absolute Gasteiger partial charge is 0.313 e. The zero-order valence-corrected chi connectivity index (χ0v) is 15.9. The molecule has 0 saturated carbocycles. The van der Waals surface area contributed by atoms with E-state index in [1.54, 1.807) is 6.07 Å². The molecule has 1 aromatic carbocycles. The number of benzene rings is 1. The van der Waals surface area contributed by atoms with E-state index in [1.165, 1.54) is 0 Å². The molecule has 1 fully saturated rings. The largest absolute Gasteiger partial charge is 0.377 e. The van der Waals surface area contributed by atoms with Crippen molar-refractivity contribution in [1.29, 1.82) is 0 Å². The number of carbonyl (C=O) groups is 2. The highest BCUT2D eigenvalue weighted by atomic mass is 16.5. The van der Waals surface area contributed by atoms with Crippen molar-refractivity contribution < 1.29 is 14.3 Å². The summed E-state index contributed by atoms with van der Waals surface area (Å²) in [6.45, 7) is 11.7. The Kier molecular flexibility index (Phi) is 6.22. The average Bonchev–Trinajstić information content (AvgIpc) is 3.01. The van der Waals surface area contributed by atoms with Crippen molar-refractivity contribution in [2.75, 3.05) is 18.5 Å². The van der Waals surface area contributed by atoms with Crippen LogP contribution in [-0.2, 0) is 14.3 Å². The summed E-state index contributed by atoms with van der Waals surface area (Å²) in [6, 6.07) is 7.58. The topological polar surface area (TPSA) is 67.4 Å². The second-order valence-corrected chi connectivity index (χ2v) is 8.15. The minimum absolute atomic E-state index is 0.0193. The van der Waals surface area contributed by atoms with Gasteiger partial charge in [0.25, 0.3) is 0 Å². The zero-order chi connectivity index (χ0) is 18.6. The summed E-state index contributed by atoms with van der Waals surface area (Å²) in [7, 11) is 0. The number of anilines is 1. The Balaban J connectivity index is 1.88. The number of nitrogens with one attached hydrogen (secondary N) is 2. The third-order valence-electron chi connectivity index (χ3n) is 4.61. The quantitative estimate of drug-likeness (QED) is 0.822. The van der Waals surface area contributed by atoms with Crippen LogP contribution in [0.5, 0.6) is 0 Å². The molecule has 2 atom stereocenters. The lowest BCUT2D eigenvalue weighted by molar-refractivity contribution is -0.136. The first-order valence-corrected chi connectivity index (χ1v) is 8.99. The Morgan fingerprint density at radius 3 is 2.60 bits per heavy atom. The summed E-state index contributed by atoms with van der Waals surface area (Å²) in [5.74, 6) is -0.634. The summed E-state index contributed by atoms with van der Waals surface area (Å²) < 4.78 is 5.80. The fourth-order valence-corrected chi connectivity index (χ4v) is 3.27. The fourth-order valence-electron chi connectivity index (χ4n) is 3.27. The molecule has 138 valence electrons. The number of hydrogen-bond acceptors (Lipinski definition) is 3. The van der Waals surface area contributed by atoms with Gasteiger partial charge in [0, 0.05) is 24.8 Å². The SMILES string of the molecule is CC(C)c1cccc(NC(=O)C(=O)NC[C@H]2CCO[C@H]2C(C)(C)C)c1. The molecule has 5 nitrogen and oxygen atoms in total. The van der Waals surface area contributed by atoms with E-state index in [0.717, 1.165) is 12.0 Å². The highest BCUT2D eigenvalue weighted by Crippen LogP contribution is 2.34. The van der Waals surface area contributed by atoms with E-state index >= 15 is 0 Å². The molecule has 2 N–H and O–H groups in total. The summed E-state index contributed by atoms with van der Waals surface area (Å²) >= 11 is 0. The van der Waals surface area contributed by atoms with Crippen molar-refractivity contribution in [3.63, 3.8) is 0 Å². The van der Waals surface area contributed by atoms with Gasteiger partial charge in [0.1, 0.15) is 0 Å². The fraction of sp³-hybridized carbons (Fsp3) is 0.600. The maximum absolute atomic E-state index is 12.1. The lowest BCUT2D eigenvalue weighted by Crippen LogP contribution is -2.42. The molecular formula is C20H30N2O3. The molecule has 2 rings (SSSR count). The highest BCUT2D eigenvalue weighted by Gasteiger charge is 2.37. The van der Waals surface area contributed by atoms with Gasteiger partial charge in [-0.2, -0.15) is 0 Å². The Labute approximate surface area is 150 Å². The van der Waals surface area contributed by atoms with E-state index in [0.29, 0.717) is 24.8 Å². The first-order chi connectivity index (χ1) is 11.7. The lowest BCUT2D eigenvalue weighted by Gasteiger charge is -2.31. The minimum Gasteiger partial charge on any atom is -0.377 e. The van der Waals surface area contributed by atoms with Gasteiger partial charge in [0.2, 0.25) is 0 Å². The zero-order valence-electron chi connectivity index (χ0n) is 15.9. The molecular weight excluding hydrogens is 316 g/mol. The molecule has 25 heavy (non-hydrogen) atoms. The second kappa shape index (κ2) is 8.00. The summed E-state index contributed by atoms with van der Waals surface area (Å²) in [6.07, 6.45) is 0.999. The van der Waals surface area contributed by atoms with Gasteiger partial charge in [-0.05, 0) is 35.4 Å². The van der Waals surface area contributed by atoms with Crippen LogP contribution in [0.15, 0.2) is 24.3 Å². The van der Waals surface area contributed by atoms with Gasteiger partial charge in [-0.1, -0.05) is 46.8 Å². The van der Waals surface area contributed by atoms with Crippen molar-refractivity contribution in [2.45, 2.75) is 53.1 Å². The van der Waals surface area contributed by atoms with Gasteiger partial charge in [-0.15, -0.1) is 0 Å². The van der Waals surface area contributed by atoms with E-state index in [9.17, 15) is 9.59 Å². The molecule has 1 saturated heterocycles. The van der Waals surface area contributed by atoms with Crippen LogP contribution in [0.3, 0.4) is 0 Å². The van der Waals surface area contributed by atoms with Crippen molar-refractivity contribution in [2.24, 2.45) is 11.3 Å². The number of amides is 2. The molecule has 0 spiro atoms. The van der Waals surface area contributed by atoms with Crippen LogP contribution in [0, 0.1) is 11.3 Å². The first kappa shape index (κ1) is 19.4. The number of ether oxygens (including phenoxy) is 1. The molecule has 0 bridgehead atoms. The maximum atomic E-state index is 12.1. The molecule has 0 unspecified atom stereocenters. The van der Waals surface area contributed by atoms with Gasteiger partial charge in [-0.3, -0.25) is 9.59 Å². The van der Waals surface area contributed by atoms with Crippen molar-refractivity contribution >= 4 is 17.5 Å². The normalized spacial score (nSPS) is 20.6. The number of hydrogen-bond donors (Lipinski definition) is 2. The van der Waals surface area contributed by atoms with E-state index in [4.69, 9.17) is 4.74 Å². The Morgan fingerprint density at radius 1 is 1.24 bits per heavy atom. The molecule has 1 aliphatic heterocycles. The molecule has 1 heterocycles. The van der Waals surface area contributed by atoms with E-state index in [2.05, 4.69) is 45.3 Å². The van der Waals surface area contributed by atoms with Gasteiger partial charge in [-0.25, -0.2) is 0 Å². The lowest BCUT2D eigenvalue weighted by atomic mass is 9.81. The van der Waals surface area contributed by atoms with Gasteiger partial charge in [0.15, 0.2) is 0 Å². The van der Waals surface area contributed by atoms with Crippen LogP contribution in [0.4, 0.5) is 5.69 Å². The third kappa shape index (κ3) is 5.30. The van der Waals surface area contributed by atoms with E-state index in [-0.39, 0.29) is 17.4 Å². The van der Waals surface area contributed by atoms with E-state index in [1.807, 2.05) is 18.2 Å². The highest BCUT2D eigenvalue weighted by molar-refractivity contribution is 6.39. The van der Waals surface area contributed by atoms with Crippen LogP contribution in [0.2, 0.25) is 0 Å². The molecule has 5 heteroatoms. The van der Waals surface area contributed by atoms with Crippen molar-refractivity contribution in [1.82, 2.24) is 5.32 Å². The third-order valence-corrected chi connectivity index (χ3v) is 4.61. The van der Waals surface area contributed by atoms with Crippen LogP contribution >= 0.6 is 0 Å². The molecule has 0 aliphatic carbocycles. The monoisotopic (exact) mass is 346 g/mol. The van der Waals surface area contributed by atoms with Crippen molar-refractivity contribution in [3.05, 3.63) is 29.8 Å². The van der Waals surface area contributed by atoms with Crippen molar-refractivity contribution in [3.8, 4) is 0 Å². The summed E-state index contributed by atoms with van der Waals surface area (Å²) in [5.41, 5.74) is 1.78. The molecule has 2 amide bonds. The molecule has 1 aliphatic rings. The van der Waals surface area contributed by atoms with Crippen LogP contribution in [-0.4, -0.2) is 31.1 Å². The van der Waals surface area contributed by atoms with Gasteiger partial charge in [0.05, 0.1) is 6.10 Å². The first-order valence-electron chi connectivity index (χ1n) is 8.99. The molecule has 1 aromatic rings. The summed E-state index contributed by atoms with van der Waals surface area (Å²) in [4.78, 5) is 24.2. The molecule has 0 aromatic heterocycles. The second-order valence-electron chi connectivity index (χ2n) is 8.15. The predicted octanol–water partition coefficient (Wildman–Crippen LogP) is 3.32. The van der Waals surface area contributed by atoms with Gasteiger partial charge >= 0.3 is 11.8 Å². The Hall–Kier alpha value is -1.88. The molecule has 0 radical (unpaired) electrons. The van der Waals surface area contributed by atoms with Crippen LogP contribution in [0.25, 0.3) is 0 Å². The van der Waals surface area contributed by atoms with Crippen LogP contribution < -0.4 is 10.6 Å². The minimum atomic E-state index is -0.632. The van der Waals surface area contributed by atoms with E-state index < -0.39 is 11.8 Å². The van der Waals surface area contributed by atoms with Gasteiger partial charge < -0.3 is 15.4 Å². The maximum Gasteiger partial charge on any atom is 0.313 e. The predicted molar refractivity (Wildman–Crippen MR) is 99.5 cm³/mol. The Bertz CT molecular complexity index is 620. The Morgan fingerprint density at radius 2 is 1.96 bits per heavy atom.